The summed E-state index contributed by atoms with van der Waals surface area (Å²) in [5, 5.41) is 0. The number of carbonyl (C=O) groups is 1. The molecular weight excluding hydrogens is 303 g/mol. The van der Waals surface area contributed by atoms with Gasteiger partial charge in [-0.3, -0.25) is 4.79 Å². The standard InChI is InChI=1S/C20H23FN2O/c1-14(16-8-5-9-17(21)11-16)10-20(24)23-12-18(19(22)13-23)15-6-3-2-4-7-15/h2-9,11,14,18-19H,10,12-13,22H2,1H3/t14?,18-,19+/m0/s1. The van der Waals surface area contributed by atoms with Crippen LogP contribution in [0.2, 0.25) is 0 Å². The third-order valence-electron chi connectivity index (χ3n) is 4.84. The molecule has 1 amide bonds. The van der Waals surface area contributed by atoms with E-state index in [-0.39, 0.29) is 29.6 Å². The van der Waals surface area contributed by atoms with E-state index < -0.39 is 0 Å². The minimum Gasteiger partial charge on any atom is -0.340 e. The zero-order valence-corrected chi connectivity index (χ0v) is 13.9. The molecule has 1 fully saturated rings. The van der Waals surface area contributed by atoms with Gasteiger partial charge in [0.15, 0.2) is 0 Å². The van der Waals surface area contributed by atoms with Gasteiger partial charge >= 0.3 is 0 Å². The van der Waals surface area contributed by atoms with Crippen LogP contribution in [0.25, 0.3) is 0 Å². The average molecular weight is 326 g/mol. The van der Waals surface area contributed by atoms with Crippen molar-refractivity contribution in [2.45, 2.75) is 31.2 Å². The Morgan fingerprint density at radius 2 is 1.96 bits per heavy atom. The second kappa shape index (κ2) is 7.14. The lowest BCUT2D eigenvalue weighted by molar-refractivity contribution is -0.130. The van der Waals surface area contributed by atoms with E-state index in [9.17, 15) is 9.18 Å². The van der Waals surface area contributed by atoms with E-state index in [0.29, 0.717) is 19.5 Å². The molecule has 3 atom stereocenters. The predicted octanol–water partition coefficient (Wildman–Crippen LogP) is 3.27. The fraction of sp³-hybridized carbons (Fsp3) is 0.350. The molecule has 2 aromatic rings. The van der Waals surface area contributed by atoms with Crippen molar-refractivity contribution in [2.24, 2.45) is 5.73 Å². The van der Waals surface area contributed by atoms with Crippen LogP contribution in [0.5, 0.6) is 0 Å². The summed E-state index contributed by atoms with van der Waals surface area (Å²) in [4.78, 5) is 14.5. The molecule has 4 heteroatoms. The topological polar surface area (TPSA) is 46.3 Å². The van der Waals surface area contributed by atoms with Crippen LogP contribution in [0.3, 0.4) is 0 Å². The number of likely N-dealkylation sites (tertiary alicyclic amines) is 1. The summed E-state index contributed by atoms with van der Waals surface area (Å²) in [6.45, 7) is 3.19. The Hall–Kier alpha value is -2.20. The number of hydrogen-bond donors (Lipinski definition) is 1. The Morgan fingerprint density at radius 1 is 1.21 bits per heavy atom. The molecule has 0 saturated carbocycles. The lowest BCUT2D eigenvalue weighted by atomic mass is 9.95. The van der Waals surface area contributed by atoms with Gasteiger partial charge in [-0.1, -0.05) is 49.4 Å². The fourth-order valence-corrected chi connectivity index (χ4v) is 3.41. The molecule has 1 aliphatic rings. The minimum absolute atomic E-state index is 0.0137. The maximum atomic E-state index is 13.3. The Kier molecular flexibility index (Phi) is 4.95. The number of hydrogen-bond acceptors (Lipinski definition) is 2. The van der Waals surface area contributed by atoms with Gasteiger partial charge in [-0.2, -0.15) is 0 Å². The molecule has 1 heterocycles. The Labute approximate surface area is 142 Å². The summed E-state index contributed by atoms with van der Waals surface area (Å²) in [6.07, 6.45) is 0.373. The van der Waals surface area contributed by atoms with Gasteiger partial charge in [-0.15, -0.1) is 0 Å². The maximum absolute atomic E-state index is 13.3. The van der Waals surface area contributed by atoms with Crippen molar-refractivity contribution in [1.82, 2.24) is 4.90 Å². The van der Waals surface area contributed by atoms with Crippen LogP contribution in [0.4, 0.5) is 4.39 Å². The van der Waals surface area contributed by atoms with Gasteiger partial charge in [0.05, 0.1) is 0 Å². The largest absolute Gasteiger partial charge is 0.340 e. The van der Waals surface area contributed by atoms with Crippen molar-refractivity contribution in [3.63, 3.8) is 0 Å². The molecule has 0 radical (unpaired) electrons. The first kappa shape index (κ1) is 16.7. The van der Waals surface area contributed by atoms with Gasteiger partial charge < -0.3 is 10.6 Å². The summed E-state index contributed by atoms with van der Waals surface area (Å²) >= 11 is 0. The number of carbonyl (C=O) groups excluding carboxylic acids is 1. The highest BCUT2D eigenvalue weighted by Gasteiger charge is 2.34. The Balaban J connectivity index is 1.64. The van der Waals surface area contributed by atoms with E-state index in [0.717, 1.165) is 5.56 Å². The van der Waals surface area contributed by atoms with E-state index >= 15 is 0 Å². The smallest absolute Gasteiger partial charge is 0.223 e. The van der Waals surface area contributed by atoms with Crippen LogP contribution < -0.4 is 5.73 Å². The lowest BCUT2D eigenvalue weighted by Gasteiger charge is -2.19. The Bertz CT molecular complexity index is 704. The minimum atomic E-state index is -0.265. The molecule has 2 N–H and O–H groups in total. The molecule has 1 unspecified atom stereocenters. The summed E-state index contributed by atoms with van der Waals surface area (Å²) in [5.41, 5.74) is 8.29. The summed E-state index contributed by atoms with van der Waals surface area (Å²) in [6, 6.07) is 16.5. The SMILES string of the molecule is CC(CC(=O)N1C[C@@H](N)[C@H](c2ccccc2)C1)c1cccc(F)c1. The number of rotatable bonds is 4. The first-order valence-corrected chi connectivity index (χ1v) is 8.38. The van der Waals surface area contributed by atoms with E-state index in [4.69, 9.17) is 5.73 Å². The van der Waals surface area contributed by atoms with Gasteiger partial charge in [0.1, 0.15) is 5.82 Å². The third kappa shape index (κ3) is 3.65. The van der Waals surface area contributed by atoms with Crippen molar-refractivity contribution in [3.8, 4) is 0 Å². The van der Waals surface area contributed by atoms with Crippen molar-refractivity contribution in [2.75, 3.05) is 13.1 Å². The van der Waals surface area contributed by atoms with Crippen LogP contribution in [0.15, 0.2) is 54.6 Å². The van der Waals surface area contributed by atoms with Crippen molar-refractivity contribution < 1.29 is 9.18 Å². The predicted molar refractivity (Wildman–Crippen MR) is 93.2 cm³/mol. The molecule has 2 aromatic carbocycles. The van der Waals surface area contributed by atoms with Crippen LogP contribution in [0.1, 0.15) is 36.3 Å². The highest BCUT2D eigenvalue weighted by molar-refractivity contribution is 5.77. The van der Waals surface area contributed by atoms with Crippen molar-refractivity contribution >= 4 is 5.91 Å². The number of benzene rings is 2. The molecule has 0 aromatic heterocycles. The van der Waals surface area contributed by atoms with E-state index in [1.54, 1.807) is 6.07 Å². The van der Waals surface area contributed by atoms with Gasteiger partial charge in [-0.25, -0.2) is 4.39 Å². The van der Waals surface area contributed by atoms with Gasteiger partial charge in [0.2, 0.25) is 5.91 Å². The number of nitrogens with zero attached hydrogens (tertiary/aromatic N) is 1. The third-order valence-corrected chi connectivity index (χ3v) is 4.84. The number of amides is 1. The van der Waals surface area contributed by atoms with Crippen LogP contribution in [-0.2, 0) is 4.79 Å². The zero-order chi connectivity index (χ0) is 17.1. The molecule has 0 bridgehead atoms. The molecular formula is C20H23FN2O. The van der Waals surface area contributed by atoms with E-state index in [1.165, 1.54) is 17.7 Å². The molecule has 3 nitrogen and oxygen atoms in total. The highest BCUT2D eigenvalue weighted by Crippen LogP contribution is 2.28. The van der Waals surface area contributed by atoms with Crippen LogP contribution in [-0.4, -0.2) is 29.9 Å². The highest BCUT2D eigenvalue weighted by atomic mass is 19.1. The lowest BCUT2D eigenvalue weighted by Crippen LogP contribution is -2.32. The molecule has 0 aliphatic carbocycles. The normalized spacial score (nSPS) is 21.7. The van der Waals surface area contributed by atoms with Gasteiger partial charge in [0, 0.05) is 31.5 Å². The molecule has 0 spiro atoms. The average Bonchev–Trinajstić information content (AvgIpc) is 2.97. The van der Waals surface area contributed by atoms with E-state index in [2.05, 4.69) is 12.1 Å². The first-order chi connectivity index (χ1) is 11.5. The van der Waals surface area contributed by atoms with Crippen LogP contribution >= 0.6 is 0 Å². The van der Waals surface area contributed by atoms with Crippen LogP contribution in [0, 0.1) is 5.82 Å². The number of nitrogens with two attached hydrogens (primary N) is 1. The number of halogens is 1. The van der Waals surface area contributed by atoms with Gasteiger partial charge in [0.25, 0.3) is 0 Å². The summed E-state index contributed by atoms with van der Waals surface area (Å²) in [7, 11) is 0. The fourth-order valence-electron chi connectivity index (χ4n) is 3.41. The molecule has 3 rings (SSSR count). The maximum Gasteiger partial charge on any atom is 0.223 e. The first-order valence-electron chi connectivity index (χ1n) is 8.38. The molecule has 1 saturated heterocycles. The summed E-state index contributed by atoms with van der Waals surface area (Å²) < 4.78 is 13.3. The Morgan fingerprint density at radius 3 is 2.67 bits per heavy atom. The monoisotopic (exact) mass is 326 g/mol. The molecule has 24 heavy (non-hydrogen) atoms. The summed E-state index contributed by atoms with van der Waals surface area (Å²) in [5.74, 6) is -0.0143. The second-order valence-electron chi connectivity index (χ2n) is 6.64. The molecule has 1 aliphatic heterocycles. The van der Waals surface area contributed by atoms with E-state index in [1.807, 2.05) is 36.1 Å². The van der Waals surface area contributed by atoms with Gasteiger partial charge in [-0.05, 0) is 29.2 Å². The van der Waals surface area contributed by atoms with Crippen molar-refractivity contribution in [1.29, 1.82) is 0 Å². The molecule has 126 valence electrons. The quantitative estimate of drug-likeness (QED) is 0.937. The second-order valence-corrected chi connectivity index (χ2v) is 6.64. The zero-order valence-electron chi connectivity index (χ0n) is 13.9. The van der Waals surface area contributed by atoms with Crippen molar-refractivity contribution in [3.05, 3.63) is 71.5 Å².